The van der Waals surface area contributed by atoms with Crippen LogP contribution in [0, 0.1) is 11.8 Å². The van der Waals surface area contributed by atoms with E-state index in [0.717, 1.165) is 12.8 Å². The summed E-state index contributed by atoms with van der Waals surface area (Å²) in [5.41, 5.74) is 6.12. The highest BCUT2D eigenvalue weighted by atomic mass is 35.5. The first-order valence-corrected chi connectivity index (χ1v) is 8.80. The fourth-order valence-electron chi connectivity index (χ4n) is 3.14. The summed E-state index contributed by atoms with van der Waals surface area (Å²) in [7, 11) is 1.41. The maximum atomic E-state index is 12.2. The number of carbonyl (C=O) groups excluding carboxylic acids is 2. The van der Waals surface area contributed by atoms with E-state index in [1.807, 2.05) is 0 Å². The van der Waals surface area contributed by atoms with Gasteiger partial charge in [-0.1, -0.05) is 38.3 Å². The second-order valence-electron chi connectivity index (χ2n) is 6.59. The standard InChI is InChI=1S/C18H25ClN2O4/c1-10-5-4-6-15(11(10)2)21-17(22)9-25-18(23)12-7-13(19)14(20)8-16(12)24-3/h7-8,10-11,15H,4-6,9,20H2,1-3H3,(H,21,22)/t10-,11-,15-/m0/s1. The molecule has 0 aromatic heterocycles. The molecule has 1 aliphatic carbocycles. The molecule has 3 N–H and O–H groups in total. The van der Waals surface area contributed by atoms with E-state index in [1.165, 1.54) is 25.7 Å². The van der Waals surface area contributed by atoms with E-state index in [1.54, 1.807) is 0 Å². The van der Waals surface area contributed by atoms with Crippen molar-refractivity contribution in [2.24, 2.45) is 11.8 Å². The summed E-state index contributed by atoms with van der Waals surface area (Å²) in [6.07, 6.45) is 3.23. The van der Waals surface area contributed by atoms with E-state index in [4.69, 9.17) is 26.8 Å². The van der Waals surface area contributed by atoms with Crippen LogP contribution in [0.3, 0.4) is 0 Å². The van der Waals surface area contributed by atoms with Gasteiger partial charge in [-0.3, -0.25) is 4.79 Å². The molecular weight excluding hydrogens is 344 g/mol. The number of nitrogen functional groups attached to an aromatic ring is 1. The molecule has 138 valence electrons. The molecule has 2 rings (SSSR count). The number of anilines is 1. The van der Waals surface area contributed by atoms with Gasteiger partial charge in [-0.2, -0.15) is 0 Å². The van der Waals surface area contributed by atoms with Crippen LogP contribution in [0.1, 0.15) is 43.5 Å². The maximum Gasteiger partial charge on any atom is 0.342 e. The third-order valence-electron chi connectivity index (χ3n) is 4.93. The Balaban J connectivity index is 1.93. The number of carbonyl (C=O) groups is 2. The quantitative estimate of drug-likeness (QED) is 0.615. The van der Waals surface area contributed by atoms with Crippen molar-refractivity contribution < 1.29 is 19.1 Å². The van der Waals surface area contributed by atoms with Gasteiger partial charge >= 0.3 is 5.97 Å². The highest BCUT2D eigenvalue weighted by Gasteiger charge is 2.28. The van der Waals surface area contributed by atoms with E-state index in [2.05, 4.69) is 19.2 Å². The number of benzene rings is 1. The molecule has 6 nitrogen and oxygen atoms in total. The monoisotopic (exact) mass is 368 g/mol. The molecule has 0 radical (unpaired) electrons. The van der Waals surface area contributed by atoms with E-state index in [-0.39, 0.29) is 34.9 Å². The fourth-order valence-corrected chi connectivity index (χ4v) is 3.30. The third-order valence-corrected chi connectivity index (χ3v) is 5.25. The van der Waals surface area contributed by atoms with Crippen molar-refractivity contribution in [3.05, 3.63) is 22.7 Å². The minimum atomic E-state index is -0.682. The molecule has 7 heteroatoms. The molecule has 0 aliphatic heterocycles. The number of hydrogen-bond acceptors (Lipinski definition) is 5. The number of rotatable bonds is 5. The predicted molar refractivity (Wildman–Crippen MR) is 96.8 cm³/mol. The largest absolute Gasteiger partial charge is 0.496 e. The van der Waals surface area contributed by atoms with E-state index in [0.29, 0.717) is 17.5 Å². The SMILES string of the molecule is COc1cc(N)c(Cl)cc1C(=O)OCC(=O)N[C@H]1CCC[C@H](C)[C@@H]1C. The Bertz CT molecular complexity index is 650. The molecule has 0 unspecified atom stereocenters. The van der Waals surface area contributed by atoms with Crippen LogP contribution in [-0.4, -0.2) is 31.6 Å². The first-order valence-electron chi connectivity index (χ1n) is 8.43. The molecule has 0 spiro atoms. The second-order valence-corrected chi connectivity index (χ2v) is 7.00. The van der Waals surface area contributed by atoms with Crippen molar-refractivity contribution in [1.29, 1.82) is 0 Å². The molecule has 0 saturated heterocycles. The summed E-state index contributed by atoms with van der Waals surface area (Å²) in [6, 6.07) is 2.95. The summed E-state index contributed by atoms with van der Waals surface area (Å²) >= 11 is 5.94. The summed E-state index contributed by atoms with van der Waals surface area (Å²) in [4.78, 5) is 24.3. The van der Waals surface area contributed by atoms with Crippen molar-refractivity contribution in [3.8, 4) is 5.75 Å². The maximum absolute atomic E-state index is 12.2. The van der Waals surface area contributed by atoms with Gasteiger partial charge in [0.2, 0.25) is 0 Å². The number of nitrogens with two attached hydrogens (primary N) is 1. The summed E-state index contributed by atoms with van der Waals surface area (Å²) in [6.45, 7) is 3.99. The molecule has 0 heterocycles. The minimum Gasteiger partial charge on any atom is -0.496 e. The number of hydrogen-bond donors (Lipinski definition) is 2. The van der Waals surface area contributed by atoms with Crippen molar-refractivity contribution in [2.75, 3.05) is 19.5 Å². The van der Waals surface area contributed by atoms with Gasteiger partial charge in [0.1, 0.15) is 11.3 Å². The Morgan fingerprint density at radius 1 is 1.32 bits per heavy atom. The average molecular weight is 369 g/mol. The van der Waals surface area contributed by atoms with E-state index in [9.17, 15) is 9.59 Å². The van der Waals surface area contributed by atoms with E-state index < -0.39 is 5.97 Å². The van der Waals surface area contributed by atoms with Crippen molar-refractivity contribution in [3.63, 3.8) is 0 Å². The topological polar surface area (TPSA) is 90.7 Å². The fraction of sp³-hybridized carbons (Fsp3) is 0.556. The predicted octanol–water partition coefficient (Wildman–Crippen LogP) is 3.03. The van der Waals surface area contributed by atoms with Crippen molar-refractivity contribution >= 4 is 29.2 Å². The molecule has 1 saturated carbocycles. The number of ether oxygens (including phenoxy) is 2. The van der Waals surface area contributed by atoms with Gasteiger partial charge in [-0.25, -0.2) is 4.79 Å². The second kappa shape index (κ2) is 8.43. The number of methoxy groups -OCH3 is 1. The van der Waals surface area contributed by atoms with Gasteiger partial charge in [-0.15, -0.1) is 0 Å². The number of esters is 1. The van der Waals surface area contributed by atoms with Gasteiger partial charge < -0.3 is 20.5 Å². The molecule has 0 bridgehead atoms. The molecular formula is C18H25ClN2O4. The summed E-state index contributed by atoms with van der Waals surface area (Å²) < 4.78 is 10.2. The van der Waals surface area contributed by atoms with Crippen molar-refractivity contribution in [2.45, 2.75) is 39.2 Å². The van der Waals surface area contributed by atoms with Crippen LogP contribution in [-0.2, 0) is 9.53 Å². The Labute approximate surface area is 153 Å². The number of halogens is 1. The number of nitrogens with one attached hydrogen (secondary N) is 1. The highest BCUT2D eigenvalue weighted by Crippen LogP contribution is 2.30. The lowest BCUT2D eigenvalue weighted by Gasteiger charge is -2.34. The Morgan fingerprint density at radius 2 is 2.04 bits per heavy atom. The molecule has 1 fully saturated rings. The van der Waals surface area contributed by atoms with Crippen LogP contribution in [0.5, 0.6) is 5.75 Å². The van der Waals surface area contributed by atoms with Gasteiger partial charge in [0.25, 0.3) is 5.91 Å². The molecule has 1 amide bonds. The number of amides is 1. The Hall–Kier alpha value is -1.95. The first-order chi connectivity index (χ1) is 11.8. The minimum absolute atomic E-state index is 0.121. The zero-order valence-corrected chi connectivity index (χ0v) is 15.6. The van der Waals surface area contributed by atoms with Crippen LogP contribution in [0.2, 0.25) is 5.02 Å². The zero-order valence-electron chi connectivity index (χ0n) is 14.8. The van der Waals surface area contributed by atoms with Gasteiger partial charge in [-0.05, 0) is 24.3 Å². The molecule has 1 aliphatic rings. The normalized spacial score (nSPS) is 23.0. The lowest BCUT2D eigenvalue weighted by atomic mass is 9.78. The average Bonchev–Trinajstić information content (AvgIpc) is 2.58. The summed E-state index contributed by atoms with van der Waals surface area (Å²) in [5, 5.41) is 3.19. The van der Waals surface area contributed by atoms with Gasteiger partial charge in [0, 0.05) is 12.1 Å². The molecule has 1 aromatic rings. The smallest absolute Gasteiger partial charge is 0.342 e. The van der Waals surface area contributed by atoms with Crippen LogP contribution in [0.4, 0.5) is 5.69 Å². The van der Waals surface area contributed by atoms with Crippen LogP contribution in [0.15, 0.2) is 12.1 Å². The summed E-state index contributed by atoms with van der Waals surface area (Å²) in [5.74, 6) is 0.244. The van der Waals surface area contributed by atoms with Gasteiger partial charge in [0.15, 0.2) is 6.61 Å². The van der Waals surface area contributed by atoms with Gasteiger partial charge in [0.05, 0.1) is 17.8 Å². The van der Waals surface area contributed by atoms with Crippen LogP contribution < -0.4 is 15.8 Å². The lowest BCUT2D eigenvalue weighted by molar-refractivity contribution is -0.125. The highest BCUT2D eigenvalue weighted by molar-refractivity contribution is 6.33. The lowest BCUT2D eigenvalue weighted by Crippen LogP contribution is -2.45. The molecule has 1 aromatic carbocycles. The van der Waals surface area contributed by atoms with Crippen molar-refractivity contribution in [1.82, 2.24) is 5.32 Å². The van der Waals surface area contributed by atoms with Crippen LogP contribution in [0.25, 0.3) is 0 Å². The van der Waals surface area contributed by atoms with Crippen LogP contribution >= 0.6 is 11.6 Å². The Kier molecular flexibility index (Phi) is 6.53. The Morgan fingerprint density at radius 3 is 2.72 bits per heavy atom. The first kappa shape index (κ1) is 19.4. The van der Waals surface area contributed by atoms with E-state index >= 15 is 0 Å². The zero-order chi connectivity index (χ0) is 18.6. The molecule has 25 heavy (non-hydrogen) atoms. The third kappa shape index (κ3) is 4.78. The molecule has 3 atom stereocenters.